The molecule has 1 N–H and O–H groups in total. The lowest BCUT2D eigenvalue weighted by Crippen LogP contribution is -2.44. The predicted molar refractivity (Wildman–Crippen MR) is 127 cm³/mol. The standard InChI is InChI=1S/C26H27N3O6/c1-5-26(32)18-7-20-23-16(10-29(20)24(30)17(18)11-33-25(26)31)15(9-28(4)13(2)3)14-6-21-22(35-12-34-21)8-19(14)27-23/h6-8,13,32H,5,9-12H2,1-4H3/t26-/m0/s1. The molecule has 0 saturated heterocycles. The zero-order valence-electron chi connectivity index (χ0n) is 20.2. The van der Waals surface area contributed by atoms with Gasteiger partial charge in [-0.25, -0.2) is 9.78 Å². The quantitative estimate of drug-likeness (QED) is 0.448. The Hall–Kier alpha value is -3.43. The Morgan fingerprint density at radius 1 is 1.14 bits per heavy atom. The molecular formula is C26H27N3O6. The van der Waals surface area contributed by atoms with Gasteiger partial charge in [-0.1, -0.05) is 6.92 Å². The highest BCUT2D eigenvalue weighted by Crippen LogP contribution is 2.43. The van der Waals surface area contributed by atoms with Gasteiger partial charge >= 0.3 is 5.97 Å². The number of ether oxygens (including phenoxy) is 3. The first-order valence-electron chi connectivity index (χ1n) is 11.9. The van der Waals surface area contributed by atoms with Crippen LogP contribution in [0.25, 0.3) is 22.3 Å². The van der Waals surface area contributed by atoms with Crippen molar-refractivity contribution in [1.82, 2.24) is 14.5 Å². The molecule has 1 atom stereocenters. The molecule has 35 heavy (non-hydrogen) atoms. The largest absolute Gasteiger partial charge is 0.458 e. The van der Waals surface area contributed by atoms with E-state index in [0.717, 1.165) is 22.0 Å². The summed E-state index contributed by atoms with van der Waals surface area (Å²) < 4.78 is 18.1. The van der Waals surface area contributed by atoms with E-state index in [-0.39, 0.29) is 25.4 Å². The first kappa shape index (κ1) is 22.1. The fraction of sp³-hybridized carbons (Fsp3) is 0.423. The summed E-state index contributed by atoms with van der Waals surface area (Å²) in [5.74, 6) is 0.588. The highest BCUT2D eigenvalue weighted by Gasteiger charge is 2.45. The van der Waals surface area contributed by atoms with Gasteiger partial charge in [0.15, 0.2) is 17.1 Å². The van der Waals surface area contributed by atoms with Gasteiger partial charge in [0.05, 0.1) is 29.0 Å². The monoisotopic (exact) mass is 477 g/mol. The number of aromatic nitrogens is 2. The fourth-order valence-corrected chi connectivity index (χ4v) is 5.16. The van der Waals surface area contributed by atoms with Gasteiger partial charge in [-0.2, -0.15) is 0 Å². The van der Waals surface area contributed by atoms with E-state index in [1.165, 1.54) is 0 Å². The molecule has 0 radical (unpaired) electrons. The van der Waals surface area contributed by atoms with Gasteiger partial charge < -0.3 is 23.9 Å². The van der Waals surface area contributed by atoms with Crippen LogP contribution in [0.2, 0.25) is 0 Å². The number of carbonyl (C=O) groups excluding carboxylic acids is 1. The Balaban J connectivity index is 1.63. The van der Waals surface area contributed by atoms with Gasteiger partial charge in [-0.3, -0.25) is 9.69 Å². The summed E-state index contributed by atoms with van der Waals surface area (Å²) in [4.78, 5) is 33.2. The number of fused-ring (bicyclic) bond motifs is 6. The molecule has 2 aromatic heterocycles. The molecule has 9 heteroatoms. The summed E-state index contributed by atoms with van der Waals surface area (Å²) in [6.07, 6.45) is 0.105. The van der Waals surface area contributed by atoms with E-state index >= 15 is 0 Å². The van der Waals surface area contributed by atoms with Crippen molar-refractivity contribution in [3.8, 4) is 22.9 Å². The highest BCUT2D eigenvalue weighted by molar-refractivity contribution is 5.91. The molecule has 0 fully saturated rings. The number of aliphatic hydroxyl groups is 1. The molecule has 0 spiro atoms. The topological polar surface area (TPSA) is 103 Å². The van der Waals surface area contributed by atoms with Crippen LogP contribution in [0.15, 0.2) is 23.0 Å². The van der Waals surface area contributed by atoms with E-state index in [9.17, 15) is 14.7 Å². The summed E-state index contributed by atoms with van der Waals surface area (Å²) >= 11 is 0. The number of carbonyl (C=O) groups is 1. The summed E-state index contributed by atoms with van der Waals surface area (Å²) in [5, 5.41) is 12.1. The number of benzene rings is 1. The second-order valence-corrected chi connectivity index (χ2v) is 9.75. The van der Waals surface area contributed by atoms with E-state index < -0.39 is 11.6 Å². The highest BCUT2D eigenvalue weighted by atomic mass is 16.7. The third-order valence-corrected chi connectivity index (χ3v) is 7.59. The smallest absolute Gasteiger partial charge is 0.343 e. The van der Waals surface area contributed by atoms with Gasteiger partial charge in [0.2, 0.25) is 6.79 Å². The molecule has 0 bridgehead atoms. The van der Waals surface area contributed by atoms with Gasteiger partial charge in [0.25, 0.3) is 5.56 Å². The Kier molecular flexibility index (Phi) is 4.75. The summed E-state index contributed by atoms with van der Waals surface area (Å²) in [6.45, 7) is 7.00. The third kappa shape index (κ3) is 3.04. The molecule has 182 valence electrons. The van der Waals surface area contributed by atoms with Gasteiger partial charge in [0.1, 0.15) is 6.61 Å². The SMILES string of the molecule is CC[C@@]1(O)C(=O)OCc2c1cc1n(c2=O)Cc2c-1nc1cc3c(cc1c2CN(C)C(C)C)OCO3. The van der Waals surface area contributed by atoms with Crippen molar-refractivity contribution < 1.29 is 24.1 Å². The van der Waals surface area contributed by atoms with Crippen molar-refractivity contribution in [2.75, 3.05) is 13.8 Å². The lowest BCUT2D eigenvalue weighted by molar-refractivity contribution is -0.172. The first-order chi connectivity index (χ1) is 16.7. The molecule has 0 unspecified atom stereocenters. The normalized spacial score (nSPS) is 19.8. The number of rotatable bonds is 4. The third-order valence-electron chi connectivity index (χ3n) is 7.59. The molecule has 0 aliphatic carbocycles. The van der Waals surface area contributed by atoms with Crippen LogP contribution in [0, 0.1) is 0 Å². The van der Waals surface area contributed by atoms with E-state index in [4.69, 9.17) is 19.2 Å². The molecule has 3 aliphatic rings. The van der Waals surface area contributed by atoms with Crippen LogP contribution in [-0.2, 0) is 34.8 Å². The average molecular weight is 478 g/mol. The van der Waals surface area contributed by atoms with Crippen LogP contribution in [0.3, 0.4) is 0 Å². The number of esters is 1. The molecule has 5 heterocycles. The van der Waals surface area contributed by atoms with Gasteiger partial charge in [0, 0.05) is 35.2 Å². The Morgan fingerprint density at radius 3 is 2.60 bits per heavy atom. The maximum atomic E-state index is 13.6. The zero-order chi connectivity index (χ0) is 24.6. The van der Waals surface area contributed by atoms with Gasteiger partial charge in [-0.15, -0.1) is 0 Å². The molecule has 0 saturated carbocycles. The minimum absolute atomic E-state index is 0.105. The predicted octanol–water partition coefficient (Wildman–Crippen LogP) is 2.65. The van der Waals surface area contributed by atoms with Crippen molar-refractivity contribution in [3.05, 3.63) is 50.8 Å². The number of cyclic esters (lactones) is 1. The van der Waals surface area contributed by atoms with E-state index in [2.05, 4.69) is 25.8 Å². The van der Waals surface area contributed by atoms with Crippen molar-refractivity contribution >= 4 is 16.9 Å². The lowest BCUT2D eigenvalue weighted by atomic mass is 9.86. The maximum Gasteiger partial charge on any atom is 0.343 e. The second kappa shape index (κ2) is 7.53. The lowest BCUT2D eigenvalue weighted by Gasteiger charge is -2.31. The minimum Gasteiger partial charge on any atom is -0.458 e. The van der Waals surface area contributed by atoms with Crippen LogP contribution in [0.5, 0.6) is 11.5 Å². The Morgan fingerprint density at radius 2 is 1.89 bits per heavy atom. The van der Waals surface area contributed by atoms with Crippen LogP contribution in [0.4, 0.5) is 0 Å². The Bertz CT molecular complexity index is 1480. The van der Waals surface area contributed by atoms with Crippen molar-refractivity contribution in [2.24, 2.45) is 0 Å². The molecule has 6 rings (SSSR count). The number of hydrogen-bond donors (Lipinski definition) is 1. The average Bonchev–Trinajstić information content (AvgIpc) is 3.44. The number of hydrogen-bond acceptors (Lipinski definition) is 8. The van der Waals surface area contributed by atoms with E-state index in [1.807, 2.05) is 12.1 Å². The fourth-order valence-electron chi connectivity index (χ4n) is 5.16. The maximum absolute atomic E-state index is 13.6. The van der Waals surface area contributed by atoms with Crippen molar-refractivity contribution in [1.29, 1.82) is 0 Å². The van der Waals surface area contributed by atoms with Crippen LogP contribution in [-0.4, -0.2) is 45.4 Å². The second-order valence-electron chi connectivity index (χ2n) is 9.75. The Labute approximate surface area is 201 Å². The van der Waals surface area contributed by atoms with Crippen LogP contribution in [0.1, 0.15) is 49.4 Å². The zero-order valence-corrected chi connectivity index (χ0v) is 20.2. The summed E-state index contributed by atoms with van der Waals surface area (Å²) in [6, 6.07) is 5.89. The molecule has 3 aliphatic heterocycles. The molecule has 9 nitrogen and oxygen atoms in total. The molecule has 3 aromatic rings. The number of nitrogens with zero attached hydrogens (tertiary/aromatic N) is 3. The first-order valence-corrected chi connectivity index (χ1v) is 11.9. The van der Waals surface area contributed by atoms with Gasteiger partial charge in [-0.05, 0) is 45.0 Å². The molecular weight excluding hydrogens is 450 g/mol. The van der Waals surface area contributed by atoms with Crippen molar-refractivity contribution in [3.63, 3.8) is 0 Å². The molecule has 1 aromatic carbocycles. The van der Waals surface area contributed by atoms with E-state index in [1.54, 1.807) is 17.6 Å². The summed E-state index contributed by atoms with van der Waals surface area (Å²) in [7, 11) is 2.06. The van der Waals surface area contributed by atoms with Crippen LogP contribution >= 0.6 is 0 Å². The number of pyridine rings is 2. The summed E-state index contributed by atoms with van der Waals surface area (Å²) in [5.41, 5.74) is 2.55. The van der Waals surface area contributed by atoms with Crippen molar-refractivity contribution in [2.45, 2.75) is 58.5 Å². The van der Waals surface area contributed by atoms with E-state index in [0.29, 0.717) is 53.1 Å². The minimum atomic E-state index is -1.85. The molecule has 0 amide bonds. The van der Waals surface area contributed by atoms with Crippen LogP contribution < -0.4 is 15.0 Å².